The number of esters is 3. The van der Waals surface area contributed by atoms with Crippen LogP contribution in [0.25, 0.3) is 0 Å². The van der Waals surface area contributed by atoms with Crippen LogP contribution in [0.15, 0.2) is 29.2 Å². The number of carbonyl (C=O) groups is 3. The quantitative estimate of drug-likeness (QED) is 0.502. The van der Waals surface area contributed by atoms with E-state index in [1.165, 1.54) is 25.3 Å². The fourth-order valence-corrected chi connectivity index (χ4v) is 3.49. The van der Waals surface area contributed by atoms with Gasteiger partial charge in [0.15, 0.2) is 0 Å². The van der Waals surface area contributed by atoms with Crippen LogP contribution >= 0.6 is 0 Å². The summed E-state index contributed by atoms with van der Waals surface area (Å²) in [5.41, 5.74) is -1.70. The minimum atomic E-state index is -4.28. The second kappa shape index (κ2) is 9.57. The fourth-order valence-electron chi connectivity index (χ4n) is 2.26. The highest BCUT2D eigenvalue weighted by Gasteiger charge is 2.33. The van der Waals surface area contributed by atoms with E-state index in [0.717, 1.165) is 6.07 Å². The lowest BCUT2D eigenvalue weighted by molar-refractivity contribution is -0.164. The average molecular weight is 444 g/mol. The monoisotopic (exact) mass is 443 g/mol. The van der Waals surface area contributed by atoms with Crippen molar-refractivity contribution in [1.82, 2.24) is 4.72 Å². The minimum absolute atomic E-state index is 0.0151. The van der Waals surface area contributed by atoms with Crippen molar-refractivity contribution in [3.63, 3.8) is 0 Å². The molecule has 0 amide bonds. The zero-order valence-electron chi connectivity index (χ0n) is 18.3. The smallest absolute Gasteiger partial charge is 0.337 e. The van der Waals surface area contributed by atoms with E-state index in [2.05, 4.69) is 9.46 Å². The second-order valence-corrected chi connectivity index (χ2v) is 10.2. The summed E-state index contributed by atoms with van der Waals surface area (Å²) in [6.45, 7) is 9.79. The molecule has 0 aromatic heterocycles. The first-order valence-corrected chi connectivity index (χ1v) is 10.7. The second-order valence-electron chi connectivity index (χ2n) is 8.52. The topological polar surface area (TPSA) is 125 Å². The van der Waals surface area contributed by atoms with E-state index in [-0.39, 0.29) is 10.5 Å². The molecule has 1 aromatic rings. The molecule has 0 saturated carbocycles. The van der Waals surface area contributed by atoms with E-state index in [1.807, 2.05) is 0 Å². The largest absolute Gasteiger partial charge is 0.465 e. The van der Waals surface area contributed by atoms with Gasteiger partial charge in [-0.3, -0.25) is 9.59 Å². The SMILES string of the molecule is COC(=O)c1cccc(S(=O)(=O)N[C@@H](CC(=O)OC(C)(C)C)C(=O)OC(C)(C)C)c1. The van der Waals surface area contributed by atoms with Crippen molar-refractivity contribution in [1.29, 1.82) is 0 Å². The number of carbonyl (C=O) groups excluding carboxylic acids is 3. The number of methoxy groups -OCH3 is 1. The molecule has 0 bridgehead atoms. The molecule has 0 aliphatic carbocycles. The maximum absolute atomic E-state index is 12.8. The summed E-state index contributed by atoms with van der Waals surface area (Å²) < 4.78 is 42.8. The lowest BCUT2D eigenvalue weighted by Gasteiger charge is -2.25. The van der Waals surface area contributed by atoms with Crippen molar-refractivity contribution in [2.24, 2.45) is 0 Å². The van der Waals surface area contributed by atoms with Crippen LogP contribution in [0.5, 0.6) is 0 Å². The van der Waals surface area contributed by atoms with Crippen molar-refractivity contribution >= 4 is 27.9 Å². The molecule has 9 nitrogen and oxygen atoms in total. The maximum atomic E-state index is 12.8. The number of benzene rings is 1. The van der Waals surface area contributed by atoms with E-state index in [1.54, 1.807) is 41.5 Å². The van der Waals surface area contributed by atoms with Crippen LogP contribution in [0.4, 0.5) is 0 Å². The van der Waals surface area contributed by atoms with Crippen LogP contribution < -0.4 is 4.72 Å². The van der Waals surface area contributed by atoms with Crippen LogP contribution in [0, 0.1) is 0 Å². The Kier molecular flexibility index (Phi) is 8.16. The predicted molar refractivity (Wildman–Crippen MR) is 108 cm³/mol. The minimum Gasteiger partial charge on any atom is -0.465 e. The van der Waals surface area contributed by atoms with Crippen LogP contribution in [0.2, 0.25) is 0 Å². The maximum Gasteiger partial charge on any atom is 0.337 e. The van der Waals surface area contributed by atoms with Crippen LogP contribution in [0.1, 0.15) is 58.3 Å². The van der Waals surface area contributed by atoms with Gasteiger partial charge >= 0.3 is 17.9 Å². The Morgan fingerprint density at radius 2 is 1.57 bits per heavy atom. The Bertz CT molecular complexity index is 894. The molecule has 1 aromatic carbocycles. The summed E-state index contributed by atoms with van der Waals surface area (Å²) >= 11 is 0. The van der Waals surface area contributed by atoms with E-state index in [9.17, 15) is 22.8 Å². The Balaban J connectivity index is 3.19. The van der Waals surface area contributed by atoms with Gasteiger partial charge in [0.1, 0.15) is 17.2 Å². The molecular formula is C20H29NO8S. The van der Waals surface area contributed by atoms with Gasteiger partial charge < -0.3 is 14.2 Å². The molecule has 1 atom stereocenters. The van der Waals surface area contributed by atoms with Gasteiger partial charge in [0.25, 0.3) is 0 Å². The Labute approximate surface area is 177 Å². The third kappa shape index (κ3) is 8.50. The molecule has 168 valence electrons. The van der Waals surface area contributed by atoms with Crippen LogP contribution in [0.3, 0.4) is 0 Å². The van der Waals surface area contributed by atoms with E-state index < -0.39 is 51.6 Å². The van der Waals surface area contributed by atoms with E-state index in [0.29, 0.717) is 0 Å². The molecule has 0 fully saturated rings. The number of rotatable bonds is 7. The van der Waals surface area contributed by atoms with Gasteiger partial charge in [-0.2, -0.15) is 4.72 Å². The van der Waals surface area contributed by atoms with Gasteiger partial charge in [0, 0.05) is 0 Å². The molecule has 0 spiro atoms. The number of ether oxygens (including phenoxy) is 3. The van der Waals surface area contributed by atoms with Crippen molar-refractivity contribution < 1.29 is 37.0 Å². The molecule has 30 heavy (non-hydrogen) atoms. The van der Waals surface area contributed by atoms with Crippen molar-refractivity contribution in [2.45, 2.75) is 70.1 Å². The standard InChI is InChI=1S/C20H29NO8S/c1-19(2,3)28-16(22)12-15(18(24)29-20(4,5)6)21-30(25,26)14-10-8-9-13(11-14)17(23)27-7/h8-11,15,21H,12H2,1-7H3/t15-/m0/s1. The normalized spacial score (nSPS) is 13.3. The lowest BCUT2D eigenvalue weighted by atomic mass is 10.1. The van der Waals surface area contributed by atoms with Crippen LogP contribution in [-0.2, 0) is 33.8 Å². The molecule has 0 radical (unpaired) electrons. The summed E-state index contributed by atoms with van der Waals surface area (Å²) in [6.07, 6.45) is -0.567. The molecule has 0 unspecified atom stereocenters. The number of sulfonamides is 1. The highest BCUT2D eigenvalue weighted by Crippen LogP contribution is 2.17. The Hall–Kier alpha value is -2.46. The van der Waals surface area contributed by atoms with E-state index in [4.69, 9.17) is 9.47 Å². The van der Waals surface area contributed by atoms with Gasteiger partial charge in [-0.05, 0) is 59.7 Å². The number of nitrogens with one attached hydrogen (secondary N) is 1. The molecule has 0 heterocycles. The van der Waals surface area contributed by atoms with Crippen molar-refractivity contribution in [3.8, 4) is 0 Å². The lowest BCUT2D eigenvalue weighted by Crippen LogP contribution is -2.46. The number of hydrogen-bond acceptors (Lipinski definition) is 8. The molecule has 1 N–H and O–H groups in total. The van der Waals surface area contributed by atoms with Crippen molar-refractivity contribution in [2.75, 3.05) is 7.11 Å². The van der Waals surface area contributed by atoms with Crippen LogP contribution in [-0.4, -0.2) is 50.7 Å². The average Bonchev–Trinajstić information content (AvgIpc) is 2.57. The zero-order valence-corrected chi connectivity index (χ0v) is 19.1. The Morgan fingerprint density at radius 1 is 1.00 bits per heavy atom. The van der Waals surface area contributed by atoms with Gasteiger partial charge in [-0.1, -0.05) is 6.07 Å². The Morgan fingerprint density at radius 3 is 2.07 bits per heavy atom. The molecular weight excluding hydrogens is 414 g/mol. The predicted octanol–water partition coefficient (Wildman–Crippen LogP) is 2.19. The summed E-state index contributed by atoms with van der Waals surface area (Å²) in [6, 6.07) is 3.57. The number of hydrogen-bond donors (Lipinski definition) is 1. The van der Waals surface area contributed by atoms with E-state index >= 15 is 0 Å². The molecule has 1 rings (SSSR count). The third-order valence-corrected chi connectivity index (χ3v) is 4.81. The molecule has 0 aliphatic rings. The van der Waals surface area contributed by atoms with Gasteiger partial charge in [-0.25, -0.2) is 13.2 Å². The highest BCUT2D eigenvalue weighted by atomic mass is 32.2. The first-order valence-electron chi connectivity index (χ1n) is 9.19. The molecule has 0 aliphatic heterocycles. The summed E-state index contributed by atoms with van der Waals surface area (Å²) in [5.74, 6) is -2.42. The molecule has 10 heteroatoms. The molecule has 0 saturated heterocycles. The summed E-state index contributed by atoms with van der Waals surface area (Å²) in [5, 5.41) is 0. The van der Waals surface area contributed by atoms with Gasteiger partial charge in [0.2, 0.25) is 10.0 Å². The highest BCUT2D eigenvalue weighted by molar-refractivity contribution is 7.89. The van der Waals surface area contributed by atoms with Crippen molar-refractivity contribution in [3.05, 3.63) is 29.8 Å². The fraction of sp³-hybridized carbons (Fsp3) is 0.550. The van der Waals surface area contributed by atoms with Gasteiger partial charge in [0.05, 0.1) is 24.0 Å². The summed E-state index contributed by atoms with van der Waals surface area (Å²) in [7, 11) is -3.11. The summed E-state index contributed by atoms with van der Waals surface area (Å²) in [4.78, 5) is 36.2. The van der Waals surface area contributed by atoms with Gasteiger partial charge in [-0.15, -0.1) is 0 Å². The first-order chi connectivity index (χ1) is 13.5. The third-order valence-electron chi connectivity index (χ3n) is 3.34. The zero-order chi connectivity index (χ0) is 23.3. The first kappa shape index (κ1) is 25.6.